The highest BCUT2D eigenvalue weighted by Crippen LogP contribution is 2.61. The molecule has 0 bridgehead atoms. The topological polar surface area (TPSA) is 70.0 Å². The Kier molecular flexibility index (Phi) is 5.50. The van der Waals surface area contributed by atoms with Crippen LogP contribution in [-0.2, 0) is 22.5 Å². The second kappa shape index (κ2) is 8.79. The number of hydrogen-bond acceptors (Lipinski definition) is 6. The van der Waals surface area contributed by atoms with Crippen molar-refractivity contribution in [2.75, 3.05) is 13.2 Å². The predicted molar refractivity (Wildman–Crippen MR) is 134 cm³/mol. The molecular weight excluding hydrogens is 473 g/mol. The van der Waals surface area contributed by atoms with Crippen LogP contribution in [0.25, 0.3) is 11.1 Å². The van der Waals surface area contributed by atoms with Gasteiger partial charge in [-0.25, -0.2) is 9.37 Å². The van der Waals surface area contributed by atoms with Crippen LogP contribution in [0.4, 0.5) is 4.39 Å². The Morgan fingerprint density at radius 2 is 1.92 bits per heavy atom. The monoisotopic (exact) mass is 503 g/mol. The number of aliphatic hydroxyl groups excluding tert-OH is 1. The van der Waals surface area contributed by atoms with Gasteiger partial charge >= 0.3 is 0 Å². The third-order valence-electron chi connectivity index (χ3n) is 8.56. The summed E-state index contributed by atoms with van der Waals surface area (Å²) in [5.41, 5.74) is 5.87. The van der Waals surface area contributed by atoms with Gasteiger partial charge in [0.05, 0.1) is 13.2 Å². The number of aromatic nitrogens is 1. The van der Waals surface area contributed by atoms with Crippen LogP contribution in [-0.4, -0.2) is 47.7 Å². The number of aliphatic hydroxyl groups is 1. The van der Waals surface area contributed by atoms with Gasteiger partial charge < -0.3 is 24.1 Å². The molecule has 2 aromatic carbocycles. The van der Waals surface area contributed by atoms with Crippen LogP contribution in [0.5, 0.6) is 11.6 Å². The van der Waals surface area contributed by atoms with E-state index in [1.165, 1.54) is 17.2 Å². The molecule has 3 aromatic rings. The molecule has 0 radical (unpaired) electrons. The Bertz CT molecular complexity index is 1360. The number of fused-ring (bicyclic) bond motifs is 4. The lowest BCUT2D eigenvalue weighted by Gasteiger charge is -2.18. The molecule has 3 fully saturated rings. The lowest BCUT2D eigenvalue weighted by atomic mass is 10.0. The minimum atomic E-state index is -0.621. The molecule has 7 heteroatoms. The predicted octanol–water partition coefficient (Wildman–Crippen LogP) is 4.59. The SMILES string of the molecule is Cc1nc(O[C@@H]2CO[C@H]3[C@@H]2OC[C@@H]3O)ccc1-c1ccc(F)c(COc2ccc3c(c2)C[C@H]2[C@H](C)[C@@H]32)c1. The second-order valence-corrected chi connectivity index (χ2v) is 10.8. The summed E-state index contributed by atoms with van der Waals surface area (Å²) in [6.07, 6.45) is -0.460. The van der Waals surface area contributed by atoms with Crippen LogP contribution < -0.4 is 9.47 Å². The van der Waals surface area contributed by atoms with Crippen molar-refractivity contribution in [3.05, 3.63) is 76.7 Å². The molecule has 0 unspecified atom stereocenters. The zero-order valence-electron chi connectivity index (χ0n) is 20.9. The second-order valence-electron chi connectivity index (χ2n) is 10.8. The van der Waals surface area contributed by atoms with Gasteiger partial charge in [0.15, 0.2) is 6.10 Å². The Balaban J connectivity index is 1.05. The van der Waals surface area contributed by atoms with E-state index in [4.69, 9.17) is 18.9 Å². The maximum absolute atomic E-state index is 14.7. The van der Waals surface area contributed by atoms with Crippen molar-refractivity contribution in [3.8, 4) is 22.8 Å². The normalized spacial score (nSPS) is 31.1. The zero-order valence-corrected chi connectivity index (χ0v) is 20.9. The Labute approximate surface area is 215 Å². The average Bonchev–Trinajstić information content (AvgIpc) is 3.25. The molecule has 1 saturated carbocycles. The minimum absolute atomic E-state index is 0.158. The van der Waals surface area contributed by atoms with Crippen LogP contribution in [0, 0.1) is 24.6 Å². The molecule has 6 nitrogen and oxygen atoms in total. The summed E-state index contributed by atoms with van der Waals surface area (Å²) in [6, 6.07) is 15.1. The van der Waals surface area contributed by atoms with Crippen LogP contribution in [0.15, 0.2) is 48.5 Å². The number of benzene rings is 2. The Morgan fingerprint density at radius 1 is 1.05 bits per heavy atom. The van der Waals surface area contributed by atoms with Crippen molar-refractivity contribution in [3.63, 3.8) is 0 Å². The van der Waals surface area contributed by atoms with Crippen molar-refractivity contribution in [1.29, 1.82) is 0 Å². The van der Waals surface area contributed by atoms with E-state index in [2.05, 4.69) is 24.0 Å². The van der Waals surface area contributed by atoms with Gasteiger partial charge in [-0.05, 0) is 78.1 Å². The number of halogens is 1. The van der Waals surface area contributed by atoms with E-state index in [-0.39, 0.29) is 37.3 Å². The molecule has 37 heavy (non-hydrogen) atoms. The van der Waals surface area contributed by atoms with Gasteiger partial charge in [0, 0.05) is 22.9 Å². The number of nitrogens with zero attached hydrogens (tertiary/aromatic N) is 1. The maximum atomic E-state index is 14.7. The van der Waals surface area contributed by atoms with E-state index in [1.807, 2.05) is 25.1 Å². The summed E-state index contributed by atoms with van der Waals surface area (Å²) in [7, 11) is 0. The molecule has 2 aliphatic carbocycles. The van der Waals surface area contributed by atoms with Gasteiger partial charge in [0.25, 0.3) is 0 Å². The van der Waals surface area contributed by atoms with Gasteiger partial charge in [0.2, 0.25) is 5.88 Å². The largest absolute Gasteiger partial charge is 0.489 e. The van der Waals surface area contributed by atoms with E-state index in [9.17, 15) is 9.50 Å². The van der Waals surface area contributed by atoms with E-state index >= 15 is 0 Å². The summed E-state index contributed by atoms with van der Waals surface area (Å²) in [4.78, 5) is 4.62. The van der Waals surface area contributed by atoms with Crippen molar-refractivity contribution >= 4 is 0 Å². The highest BCUT2D eigenvalue weighted by atomic mass is 19.1. The fraction of sp³-hybridized carbons (Fsp3) is 0.433. The number of rotatable bonds is 6. The Hall–Kier alpha value is -3.00. The molecule has 2 aliphatic heterocycles. The third-order valence-corrected chi connectivity index (χ3v) is 8.56. The summed E-state index contributed by atoms with van der Waals surface area (Å²) in [5.74, 6) is 3.28. The first kappa shape index (κ1) is 23.1. The average molecular weight is 504 g/mol. The maximum Gasteiger partial charge on any atom is 0.213 e. The van der Waals surface area contributed by atoms with Gasteiger partial charge in [-0.2, -0.15) is 0 Å². The zero-order chi connectivity index (χ0) is 25.3. The van der Waals surface area contributed by atoms with Gasteiger partial charge in [0.1, 0.15) is 36.5 Å². The van der Waals surface area contributed by atoms with E-state index < -0.39 is 6.10 Å². The van der Waals surface area contributed by atoms with Gasteiger partial charge in [-0.15, -0.1) is 0 Å². The molecule has 4 aliphatic rings. The first-order valence-corrected chi connectivity index (χ1v) is 13.1. The summed E-state index contributed by atoms with van der Waals surface area (Å²) < 4.78 is 38.0. The molecule has 7 atom stereocenters. The minimum Gasteiger partial charge on any atom is -0.489 e. The highest BCUT2D eigenvalue weighted by Gasteiger charge is 2.52. The van der Waals surface area contributed by atoms with Crippen molar-refractivity contribution in [2.45, 2.75) is 57.2 Å². The third kappa shape index (κ3) is 4.00. The molecule has 0 amide bonds. The van der Waals surface area contributed by atoms with E-state index in [0.29, 0.717) is 18.1 Å². The standard InChI is InChI=1S/C30H30FNO5/c1-15-23-11-18-10-20(4-5-22(18)28(15)23)34-12-19-9-17(3-7-24(19)31)21-6-8-27(32-16(21)2)37-26-14-36-29-25(33)13-35-30(26)29/h3-10,15,23,25-26,28-30,33H,11-14H2,1-2H3/t15-,23-,25-,26+,28-,29+,30+/m0/s1. The number of hydrogen-bond donors (Lipinski definition) is 1. The lowest BCUT2D eigenvalue weighted by molar-refractivity contribution is 0.00778. The molecular formula is C30H30FNO5. The van der Waals surface area contributed by atoms with Crippen LogP contribution in [0.3, 0.4) is 0 Å². The summed E-state index contributed by atoms with van der Waals surface area (Å²) >= 11 is 0. The highest BCUT2D eigenvalue weighted by molar-refractivity contribution is 5.67. The quantitative estimate of drug-likeness (QED) is 0.531. The first-order valence-electron chi connectivity index (χ1n) is 13.1. The smallest absolute Gasteiger partial charge is 0.213 e. The molecule has 1 aromatic heterocycles. The first-order chi connectivity index (χ1) is 18.0. The number of ether oxygens (including phenoxy) is 4. The molecule has 0 spiro atoms. The molecule has 3 heterocycles. The van der Waals surface area contributed by atoms with Crippen LogP contribution in [0.1, 0.15) is 35.2 Å². The fourth-order valence-corrected chi connectivity index (χ4v) is 6.42. The molecule has 2 saturated heterocycles. The molecule has 7 rings (SSSR count). The van der Waals surface area contributed by atoms with Crippen molar-refractivity contribution in [2.24, 2.45) is 11.8 Å². The molecule has 192 valence electrons. The van der Waals surface area contributed by atoms with Crippen LogP contribution >= 0.6 is 0 Å². The van der Waals surface area contributed by atoms with E-state index in [1.54, 1.807) is 12.1 Å². The Morgan fingerprint density at radius 3 is 2.78 bits per heavy atom. The lowest BCUT2D eigenvalue weighted by Crippen LogP contribution is -2.34. The molecule has 1 N–H and O–H groups in total. The van der Waals surface area contributed by atoms with E-state index in [0.717, 1.165) is 46.7 Å². The van der Waals surface area contributed by atoms with Gasteiger partial charge in [-0.1, -0.05) is 19.1 Å². The number of aryl methyl sites for hydroxylation is 1. The van der Waals surface area contributed by atoms with Crippen molar-refractivity contribution in [1.82, 2.24) is 4.98 Å². The number of pyridine rings is 1. The van der Waals surface area contributed by atoms with Crippen LogP contribution in [0.2, 0.25) is 0 Å². The van der Waals surface area contributed by atoms with Gasteiger partial charge in [-0.3, -0.25) is 0 Å². The fourth-order valence-electron chi connectivity index (χ4n) is 6.42. The summed E-state index contributed by atoms with van der Waals surface area (Å²) in [6.45, 7) is 4.99. The van der Waals surface area contributed by atoms with Crippen molar-refractivity contribution < 1.29 is 28.4 Å². The summed E-state index contributed by atoms with van der Waals surface area (Å²) in [5, 5.41) is 9.93.